The summed E-state index contributed by atoms with van der Waals surface area (Å²) >= 11 is 0. The van der Waals surface area contributed by atoms with Crippen LogP contribution in [0.1, 0.15) is 38.7 Å². The fraction of sp³-hybridized carbons (Fsp3) is 0.524. The molecule has 0 aliphatic carbocycles. The lowest BCUT2D eigenvalue weighted by Gasteiger charge is -2.30. The zero-order chi connectivity index (χ0) is 22.1. The number of nitrogens with zero attached hydrogens (tertiary/aromatic N) is 1. The maximum atomic E-state index is 13.0. The Morgan fingerprint density at radius 1 is 1.07 bits per heavy atom. The van der Waals surface area contributed by atoms with Gasteiger partial charge < -0.3 is 0 Å². The third-order valence-corrected chi connectivity index (χ3v) is 5.09. The van der Waals surface area contributed by atoms with Gasteiger partial charge in [-0.25, -0.2) is 5.48 Å². The van der Waals surface area contributed by atoms with E-state index >= 15 is 0 Å². The van der Waals surface area contributed by atoms with Crippen molar-refractivity contribution in [3.05, 3.63) is 35.9 Å². The summed E-state index contributed by atoms with van der Waals surface area (Å²) in [5.74, 6) is -3.87. The van der Waals surface area contributed by atoms with Crippen LogP contribution in [0, 0.1) is 17.8 Å². The summed E-state index contributed by atoms with van der Waals surface area (Å²) in [5.41, 5.74) is 5.17. The molecule has 4 amide bonds. The van der Waals surface area contributed by atoms with E-state index in [0.717, 1.165) is 12.0 Å². The molecular weight excluding hydrogens is 388 g/mol. The van der Waals surface area contributed by atoms with Crippen LogP contribution in [-0.2, 0) is 25.6 Å². The van der Waals surface area contributed by atoms with Gasteiger partial charge in [0.1, 0.15) is 0 Å². The van der Waals surface area contributed by atoms with E-state index in [-0.39, 0.29) is 19.0 Å². The van der Waals surface area contributed by atoms with Crippen LogP contribution in [-0.4, -0.2) is 46.9 Å². The molecule has 1 heterocycles. The molecule has 1 aliphatic rings. The minimum atomic E-state index is -0.802. The minimum Gasteiger partial charge on any atom is -0.300 e. The van der Waals surface area contributed by atoms with Gasteiger partial charge in [0.2, 0.25) is 11.8 Å². The number of aryl methyl sites for hydroxylation is 1. The normalized spacial score (nSPS) is 16.3. The van der Waals surface area contributed by atoms with Gasteiger partial charge in [-0.05, 0) is 37.2 Å². The van der Waals surface area contributed by atoms with Gasteiger partial charge in [0.05, 0.1) is 24.9 Å². The molecule has 164 valence electrons. The number of nitrogens with one attached hydrogen (secondary N) is 3. The van der Waals surface area contributed by atoms with E-state index in [1.807, 2.05) is 44.2 Å². The van der Waals surface area contributed by atoms with Crippen molar-refractivity contribution in [1.29, 1.82) is 0 Å². The standard InChI is InChI=1S/C21H30N4O5/c1-14(2)11-17(20(28)23-25-18(26)12-22-13-19(25)27)16(21(29)24-30)10-6-9-15-7-4-3-5-8-15/h3-5,7-8,14,16-17,22,30H,6,9-13H2,1-2H3,(H,23,28)(H,24,29)/t16-,17?/m1/s1. The molecule has 2 rings (SSSR count). The zero-order valence-electron chi connectivity index (χ0n) is 17.4. The SMILES string of the molecule is CC(C)CC(C(=O)NN1C(=O)CNCC1=O)[C@@H](CCCc1ccccc1)C(=O)NO. The molecule has 9 heteroatoms. The van der Waals surface area contributed by atoms with E-state index < -0.39 is 35.5 Å². The fourth-order valence-electron chi connectivity index (χ4n) is 3.62. The van der Waals surface area contributed by atoms with Gasteiger partial charge in [-0.3, -0.25) is 35.1 Å². The second-order valence-corrected chi connectivity index (χ2v) is 7.90. The summed E-state index contributed by atoms with van der Waals surface area (Å²) in [4.78, 5) is 49.4. The lowest BCUT2D eigenvalue weighted by atomic mass is 9.81. The molecule has 0 bridgehead atoms. The monoisotopic (exact) mass is 418 g/mol. The molecule has 2 atom stereocenters. The third-order valence-electron chi connectivity index (χ3n) is 5.09. The molecule has 0 spiro atoms. The number of hydrogen-bond acceptors (Lipinski definition) is 6. The van der Waals surface area contributed by atoms with Crippen molar-refractivity contribution in [1.82, 2.24) is 21.2 Å². The summed E-state index contributed by atoms with van der Waals surface area (Å²) in [6, 6.07) is 9.77. The first kappa shape index (κ1) is 23.5. The van der Waals surface area contributed by atoms with Crippen LogP contribution in [0.4, 0.5) is 0 Å². The van der Waals surface area contributed by atoms with Crippen LogP contribution in [0.15, 0.2) is 30.3 Å². The largest absolute Gasteiger partial charge is 0.300 e. The predicted octanol–water partition coefficient (Wildman–Crippen LogP) is 0.783. The van der Waals surface area contributed by atoms with Crippen molar-refractivity contribution >= 4 is 23.6 Å². The first-order valence-corrected chi connectivity index (χ1v) is 10.2. The van der Waals surface area contributed by atoms with Gasteiger partial charge in [-0.15, -0.1) is 0 Å². The maximum Gasteiger partial charge on any atom is 0.262 e. The number of amides is 4. The van der Waals surface area contributed by atoms with Crippen LogP contribution < -0.4 is 16.2 Å². The summed E-state index contributed by atoms with van der Waals surface area (Å²) in [5, 5.41) is 12.6. The quantitative estimate of drug-likeness (QED) is 0.253. The Balaban J connectivity index is 2.13. The van der Waals surface area contributed by atoms with Gasteiger partial charge in [-0.1, -0.05) is 44.2 Å². The van der Waals surface area contributed by atoms with E-state index in [0.29, 0.717) is 24.3 Å². The second-order valence-electron chi connectivity index (χ2n) is 7.90. The average Bonchev–Trinajstić information content (AvgIpc) is 2.72. The van der Waals surface area contributed by atoms with Crippen molar-refractivity contribution in [2.45, 2.75) is 39.5 Å². The van der Waals surface area contributed by atoms with Gasteiger partial charge in [0.15, 0.2) is 0 Å². The highest BCUT2D eigenvalue weighted by molar-refractivity contribution is 6.01. The molecule has 1 aromatic rings. The summed E-state index contributed by atoms with van der Waals surface area (Å²) in [6.07, 6.45) is 2.09. The van der Waals surface area contributed by atoms with Crippen molar-refractivity contribution in [2.24, 2.45) is 17.8 Å². The predicted molar refractivity (Wildman–Crippen MR) is 109 cm³/mol. The number of rotatable bonds is 10. The van der Waals surface area contributed by atoms with Crippen LogP contribution in [0.2, 0.25) is 0 Å². The van der Waals surface area contributed by atoms with Gasteiger partial charge in [0.25, 0.3) is 11.8 Å². The third kappa shape index (κ3) is 6.64. The van der Waals surface area contributed by atoms with E-state index in [4.69, 9.17) is 0 Å². The first-order valence-electron chi connectivity index (χ1n) is 10.2. The van der Waals surface area contributed by atoms with Crippen molar-refractivity contribution < 1.29 is 24.4 Å². The molecule has 1 aromatic carbocycles. The highest BCUT2D eigenvalue weighted by Crippen LogP contribution is 2.26. The number of carbonyl (C=O) groups is 4. The summed E-state index contributed by atoms with van der Waals surface area (Å²) < 4.78 is 0. The van der Waals surface area contributed by atoms with Gasteiger partial charge in [-0.2, -0.15) is 5.01 Å². The maximum absolute atomic E-state index is 13.0. The number of hydroxylamine groups is 1. The number of carbonyl (C=O) groups excluding carboxylic acids is 4. The molecule has 1 unspecified atom stereocenters. The fourth-order valence-corrected chi connectivity index (χ4v) is 3.62. The van der Waals surface area contributed by atoms with E-state index in [2.05, 4.69) is 10.7 Å². The molecule has 30 heavy (non-hydrogen) atoms. The van der Waals surface area contributed by atoms with E-state index in [1.165, 1.54) is 0 Å². The minimum absolute atomic E-state index is 0.0570. The van der Waals surface area contributed by atoms with E-state index in [9.17, 15) is 24.4 Å². The Morgan fingerprint density at radius 2 is 1.70 bits per heavy atom. The summed E-state index contributed by atoms with van der Waals surface area (Å²) in [6.45, 7) is 3.72. The highest BCUT2D eigenvalue weighted by Gasteiger charge is 2.36. The van der Waals surface area contributed by atoms with Crippen LogP contribution >= 0.6 is 0 Å². The molecule has 9 nitrogen and oxygen atoms in total. The smallest absolute Gasteiger partial charge is 0.262 e. The molecule has 0 radical (unpaired) electrons. The Labute approximate surface area is 176 Å². The van der Waals surface area contributed by atoms with E-state index in [1.54, 1.807) is 5.48 Å². The lowest BCUT2D eigenvalue weighted by molar-refractivity contribution is -0.157. The summed E-state index contributed by atoms with van der Waals surface area (Å²) in [7, 11) is 0. The number of hydrogen-bond donors (Lipinski definition) is 4. The number of hydrazine groups is 1. The topological polar surface area (TPSA) is 128 Å². The first-order chi connectivity index (χ1) is 14.3. The molecule has 0 saturated carbocycles. The Kier molecular flexibility index (Phi) is 8.94. The van der Waals surface area contributed by atoms with Crippen molar-refractivity contribution in [3.63, 3.8) is 0 Å². The number of piperazine rings is 1. The Hall–Kier alpha value is -2.78. The Bertz CT molecular complexity index is 737. The lowest BCUT2D eigenvalue weighted by Crippen LogP contribution is -2.60. The molecule has 4 N–H and O–H groups in total. The van der Waals surface area contributed by atoms with Crippen LogP contribution in [0.5, 0.6) is 0 Å². The molecule has 1 saturated heterocycles. The molecule has 0 aromatic heterocycles. The Morgan fingerprint density at radius 3 is 2.27 bits per heavy atom. The molecular formula is C21H30N4O5. The van der Waals surface area contributed by atoms with Gasteiger partial charge in [0, 0.05) is 0 Å². The zero-order valence-corrected chi connectivity index (χ0v) is 17.4. The molecule has 1 aliphatic heterocycles. The highest BCUT2D eigenvalue weighted by atomic mass is 16.5. The van der Waals surface area contributed by atoms with Crippen LogP contribution in [0.25, 0.3) is 0 Å². The number of benzene rings is 1. The van der Waals surface area contributed by atoms with Crippen LogP contribution in [0.3, 0.4) is 0 Å². The molecule has 1 fully saturated rings. The van der Waals surface area contributed by atoms with Crippen molar-refractivity contribution in [3.8, 4) is 0 Å². The number of imide groups is 1. The average molecular weight is 418 g/mol. The van der Waals surface area contributed by atoms with Gasteiger partial charge >= 0.3 is 0 Å². The van der Waals surface area contributed by atoms with Crippen molar-refractivity contribution in [2.75, 3.05) is 13.1 Å². The second kappa shape index (κ2) is 11.4.